The van der Waals surface area contributed by atoms with Crippen LogP contribution in [0.5, 0.6) is 0 Å². The van der Waals surface area contributed by atoms with Gasteiger partial charge in [-0.1, -0.05) is 0 Å². The van der Waals surface area contributed by atoms with Crippen LogP contribution in [0, 0.1) is 18.6 Å². The van der Waals surface area contributed by atoms with Gasteiger partial charge in [0.2, 0.25) is 6.08 Å². The molecule has 4 heteroatoms. The zero-order chi connectivity index (χ0) is 9.84. The van der Waals surface area contributed by atoms with Gasteiger partial charge in [0.25, 0.3) is 0 Å². The summed E-state index contributed by atoms with van der Waals surface area (Å²) < 4.78 is 25.5. The average Bonchev–Trinajstić information content (AvgIpc) is 2.09. The van der Waals surface area contributed by atoms with Gasteiger partial charge in [-0.3, -0.25) is 0 Å². The Balaban J connectivity index is 3.12. The topological polar surface area (TPSA) is 29.4 Å². The third kappa shape index (κ3) is 2.20. The van der Waals surface area contributed by atoms with Crippen LogP contribution in [0.15, 0.2) is 17.1 Å². The van der Waals surface area contributed by atoms with Crippen molar-refractivity contribution >= 4 is 6.08 Å². The van der Waals surface area contributed by atoms with E-state index in [1.807, 2.05) is 0 Å². The van der Waals surface area contributed by atoms with Crippen LogP contribution in [0.4, 0.5) is 8.78 Å². The molecule has 0 fully saturated rings. The van der Waals surface area contributed by atoms with Gasteiger partial charge in [0.15, 0.2) is 0 Å². The molecule has 68 valence electrons. The first-order valence-corrected chi connectivity index (χ1v) is 3.63. The van der Waals surface area contributed by atoms with E-state index in [0.29, 0.717) is 11.1 Å². The van der Waals surface area contributed by atoms with Crippen LogP contribution in [0.3, 0.4) is 0 Å². The van der Waals surface area contributed by atoms with Gasteiger partial charge < -0.3 is 0 Å². The molecule has 0 aliphatic heterocycles. The lowest BCUT2D eigenvalue weighted by Crippen LogP contribution is -1.93. The highest BCUT2D eigenvalue weighted by molar-refractivity contribution is 5.35. The minimum absolute atomic E-state index is 0.0377. The van der Waals surface area contributed by atoms with E-state index in [1.54, 1.807) is 0 Å². The minimum Gasteiger partial charge on any atom is -0.211 e. The fourth-order valence-corrected chi connectivity index (χ4v) is 0.981. The van der Waals surface area contributed by atoms with E-state index in [4.69, 9.17) is 0 Å². The molecule has 0 radical (unpaired) electrons. The van der Waals surface area contributed by atoms with E-state index in [1.165, 1.54) is 13.0 Å². The number of carbonyl (C=O) groups excluding carboxylic acids is 1. The number of halogens is 2. The van der Waals surface area contributed by atoms with Crippen molar-refractivity contribution in [2.45, 2.75) is 13.5 Å². The molecule has 0 bridgehead atoms. The summed E-state index contributed by atoms with van der Waals surface area (Å²) in [6, 6.07) is 1.95. The molecule has 0 N–H and O–H groups in total. The summed E-state index contributed by atoms with van der Waals surface area (Å²) in [4.78, 5) is 13.0. The van der Waals surface area contributed by atoms with Gasteiger partial charge in [0, 0.05) is 6.07 Å². The Morgan fingerprint density at radius 3 is 2.77 bits per heavy atom. The van der Waals surface area contributed by atoms with Gasteiger partial charge in [-0.15, -0.1) is 0 Å². The average molecular weight is 183 g/mol. The maximum atomic E-state index is 12.9. The molecule has 13 heavy (non-hydrogen) atoms. The Kier molecular flexibility index (Phi) is 2.88. The van der Waals surface area contributed by atoms with Crippen molar-refractivity contribution in [3.63, 3.8) is 0 Å². The van der Waals surface area contributed by atoms with E-state index in [2.05, 4.69) is 4.99 Å². The number of nitrogens with zero attached hydrogens (tertiary/aromatic N) is 1. The summed E-state index contributed by atoms with van der Waals surface area (Å²) in [7, 11) is 0. The van der Waals surface area contributed by atoms with Gasteiger partial charge in [-0.2, -0.15) is 0 Å². The van der Waals surface area contributed by atoms with Crippen LogP contribution < -0.4 is 0 Å². The third-order valence-electron chi connectivity index (χ3n) is 1.73. The van der Waals surface area contributed by atoms with Crippen LogP contribution in [0.2, 0.25) is 0 Å². The molecule has 2 nitrogen and oxygen atoms in total. The molecular weight excluding hydrogens is 176 g/mol. The highest BCUT2D eigenvalue weighted by Gasteiger charge is 2.05. The molecule has 0 spiro atoms. The van der Waals surface area contributed by atoms with Crippen LogP contribution in [-0.2, 0) is 11.3 Å². The lowest BCUT2D eigenvalue weighted by Gasteiger charge is -2.02. The first-order valence-electron chi connectivity index (χ1n) is 3.63. The quantitative estimate of drug-likeness (QED) is 0.510. The first-order chi connectivity index (χ1) is 6.15. The minimum atomic E-state index is -0.667. The zero-order valence-electron chi connectivity index (χ0n) is 6.97. The maximum Gasteiger partial charge on any atom is 0.235 e. The van der Waals surface area contributed by atoms with Crippen molar-refractivity contribution in [2.24, 2.45) is 4.99 Å². The normalized spacial score (nSPS) is 9.46. The molecule has 1 aromatic carbocycles. The molecule has 0 aliphatic carbocycles. The molecule has 0 heterocycles. The fourth-order valence-electron chi connectivity index (χ4n) is 0.981. The van der Waals surface area contributed by atoms with Crippen LogP contribution >= 0.6 is 0 Å². The second-order valence-electron chi connectivity index (χ2n) is 2.58. The molecule has 0 aliphatic rings. The standard InChI is InChI=1S/C9H7F2NO/c1-6-7(4-12-5-13)2-8(10)3-9(6)11/h2-3H,4H2,1H3. The number of hydrogen-bond donors (Lipinski definition) is 0. The summed E-state index contributed by atoms with van der Waals surface area (Å²) in [5.74, 6) is -1.30. The van der Waals surface area contributed by atoms with Crippen LogP contribution in [0.1, 0.15) is 11.1 Å². The Hall–Kier alpha value is -1.54. The summed E-state index contributed by atoms with van der Waals surface area (Å²) in [6.45, 7) is 1.47. The molecule has 0 aromatic heterocycles. The van der Waals surface area contributed by atoms with Crippen LogP contribution in [-0.4, -0.2) is 6.08 Å². The highest BCUT2D eigenvalue weighted by atomic mass is 19.1. The molecule has 0 amide bonds. The number of isocyanates is 1. The maximum absolute atomic E-state index is 12.9. The van der Waals surface area contributed by atoms with E-state index in [0.717, 1.165) is 12.1 Å². The van der Waals surface area contributed by atoms with Gasteiger partial charge in [-0.05, 0) is 24.1 Å². The number of aliphatic imine (C=N–C) groups is 1. The van der Waals surface area contributed by atoms with Gasteiger partial charge >= 0.3 is 0 Å². The SMILES string of the molecule is Cc1c(F)cc(F)cc1CN=C=O. The van der Waals surface area contributed by atoms with Gasteiger partial charge in [-0.25, -0.2) is 18.6 Å². The van der Waals surface area contributed by atoms with Gasteiger partial charge in [0.1, 0.15) is 11.6 Å². The Bertz CT molecular complexity index is 370. The number of benzene rings is 1. The second-order valence-corrected chi connectivity index (χ2v) is 2.58. The Labute approximate surface area is 73.9 Å². The number of hydrogen-bond acceptors (Lipinski definition) is 2. The van der Waals surface area contributed by atoms with Crippen molar-refractivity contribution in [1.82, 2.24) is 0 Å². The molecular formula is C9H7F2NO. The monoisotopic (exact) mass is 183 g/mol. The Morgan fingerprint density at radius 1 is 1.46 bits per heavy atom. The number of rotatable bonds is 2. The van der Waals surface area contributed by atoms with Gasteiger partial charge in [0.05, 0.1) is 6.54 Å². The zero-order valence-corrected chi connectivity index (χ0v) is 6.97. The predicted molar refractivity (Wildman–Crippen MR) is 42.9 cm³/mol. The van der Waals surface area contributed by atoms with Crippen molar-refractivity contribution < 1.29 is 13.6 Å². The fraction of sp³-hybridized carbons (Fsp3) is 0.222. The smallest absolute Gasteiger partial charge is 0.211 e. The molecule has 0 unspecified atom stereocenters. The summed E-state index contributed by atoms with van der Waals surface area (Å²) in [5, 5.41) is 0. The second kappa shape index (κ2) is 3.92. The lowest BCUT2D eigenvalue weighted by molar-refractivity contribution is 0.560. The molecule has 0 saturated heterocycles. The molecule has 0 atom stereocenters. The summed E-state index contributed by atoms with van der Waals surface area (Å²) >= 11 is 0. The predicted octanol–water partition coefficient (Wildman–Crippen LogP) is 2.11. The van der Waals surface area contributed by atoms with Crippen molar-refractivity contribution in [3.8, 4) is 0 Å². The first kappa shape index (κ1) is 9.55. The van der Waals surface area contributed by atoms with E-state index in [9.17, 15) is 13.6 Å². The van der Waals surface area contributed by atoms with Crippen LogP contribution in [0.25, 0.3) is 0 Å². The van der Waals surface area contributed by atoms with Crippen molar-refractivity contribution in [2.75, 3.05) is 0 Å². The largest absolute Gasteiger partial charge is 0.235 e. The summed E-state index contributed by atoms with van der Waals surface area (Å²) in [5.41, 5.74) is 0.668. The summed E-state index contributed by atoms with van der Waals surface area (Å²) in [6.07, 6.45) is 1.31. The van der Waals surface area contributed by atoms with Crippen molar-refractivity contribution in [3.05, 3.63) is 34.9 Å². The highest BCUT2D eigenvalue weighted by Crippen LogP contribution is 2.15. The van der Waals surface area contributed by atoms with E-state index >= 15 is 0 Å². The molecule has 0 saturated carbocycles. The molecule has 1 rings (SSSR count). The molecule has 1 aromatic rings. The Morgan fingerprint density at radius 2 is 2.15 bits per heavy atom. The van der Waals surface area contributed by atoms with E-state index in [-0.39, 0.29) is 6.54 Å². The van der Waals surface area contributed by atoms with E-state index < -0.39 is 11.6 Å². The third-order valence-corrected chi connectivity index (χ3v) is 1.73. The lowest BCUT2D eigenvalue weighted by atomic mass is 10.1. The van der Waals surface area contributed by atoms with Crippen molar-refractivity contribution in [1.29, 1.82) is 0 Å².